The summed E-state index contributed by atoms with van der Waals surface area (Å²) in [6.07, 6.45) is 3.68. The number of rotatable bonds is 5. The lowest BCUT2D eigenvalue weighted by Crippen LogP contribution is -2.09. The van der Waals surface area contributed by atoms with E-state index < -0.39 is 0 Å². The fourth-order valence-electron chi connectivity index (χ4n) is 2.54. The lowest BCUT2D eigenvalue weighted by Gasteiger charge is -2.10. The number of aromatic nitrogens is 2. The van der Waals surface area contributed by atoms with Crippen LogP contribution in [0, 0.1) is 5.82 Å². The van der Waals surface area contributed by atoms with Crippen LogP contribution in [-0.2, 0) is 4.79 Å². The van der Waals surface area contributed by atoms with Gasteiger partial charge < -0.3 is 10.1 Å². The Balaban J connectivity index is 1.98. The minimum Gasteiger partial charge on any atom is -0.496 e. The molecule has 3 aromatic rings. The molecule has 1 N–H and O–H groups in total. The van der Waals surface area contributed by atoms with Gasteiger partial charge in [-0.15, -0.1) is 0 Å². The molecule has 0 radical (unpaired) electrons. The lowest BCUT2D eigenvalue weighted by molar-refractivity contribution is -0.115. The summed E-state index contributed by atoms with van der Waals surface area (Å²) in [7, 11) is 1.50. The van der Waals surface area contributed by atoms with Crippen LogP contribution >= 0.6 is 0 Å². The standard InChI is InChI=1S/C20H18FN3O2/c1-3-20(25)24-15-7-9-23-18(12-15)17-10-13(6-8-22-17)16-5-4-14(21)11-19(16)26-2/h4-12H,3H2,1-2H3,(H,23,24,25). The van der Waals surface area contributed by atoms with Gasteiger partial charge in [-0.05, 0) is 42.0 Å². The monoisotopic (exact) mass is 351 g/mol. The van der Waals surface area contributed by atoms with Crippen LogP contribution in [-0.4, -0.2) is 23.0 Å². The number of amides is 1. The van der Waals surface area contributed by atoms with Crippen molar-refractivity contribution in [1.82, 2.24) is 9.97 Å². The molecule has 132 valence electrons. The van der Waals surface area contributed by atoms with Crippen LogP contribution < -0.4 is 10.1 Å². The highest BCUT2D eigenvalue weighted by Crippen LogP contribution is 2.32. The van der Waals surface area contributed by atoms with Gasteiger partial charge in [0.1, 0.15) is 11.6 Å². The molecule has 0 aliphatic rings. The summed E-state index contributed by atoms with van der Waals surface area (Å²) in [5.74, 6) is 0.0138. The Hall–Kier alpha value is -3.28. The molecule has 3 rings (SSSR count). The maximum absolute atomic E-state index is 13.4. The van der Waals surface area contributed by atoms with Gasteiger partial charge in [-0.2, -0.15) is 0 Å². The van der Waals surface area contributed by atoms with Crippen LogP contribution in [0.4, 0.5) is 10.1 Å². The smallest absolute Gasteiger partial charge is 0.224 e. The Morgan fingerprint density at radius 2 is 1.81 bits per heavy atom. The number of nitrogens with zero attached hydrogens (tertiary/aromatic N) is 2. The van der Waals surface area contributed by atoms with Crippen molar-refractivity contribution in [1.29, 1.82) is 0 Å². The topological polar surface area (TPSA) is 64.1 Å². The first-order valence-electron chi connectivity index (χ1n) is 8.17. The molecule has 1 aromatic carbocycles. The van der Waals surface area contributed by atoms with Gasteiger partial charge >= 0.3 is 0 Å². The van der Waals surface area contributed by atoms with Crippen molar-refractivity contribution in [2.24, 2.45) is 0 Å². The zero-order valence-electron chi connectivity index (χ0n) is 14.5. The number of nitrogens with one attached hydrogen (secondary N) is 1. The molecule has 0 saturated heterocycles. The van der Waals surface area contributed by atoms with Crippen molar-refractivity contribution in [3.8, 4) is 28.3 Å². The van der Waals surface area contributed by atoms with E-state index in [2.05, 4.69) is 15.3 Å². The van der Waals surface area contributed by atoms with Gasteiger partial charge in [-0.3, -0.25) is 14.8 Å². The second-order valence-electron chi connectivity index (χ2n) is 5.61. The maximum atomic E-state index is 13.4. The van der Waals surface area contributed by atoms with Gasteiger partial charge in [0.05, 0.1) is 18.5 Å². The highest BCUT2D eigenvalue weighted by molar-refractivity contribution is 5.91. The van der Waals surface area contributed by atoms with Gasteiger partial charge in [0.15, 0.2) is 0 Å². The van der Waals surface area contributed by atoms with Crippen LogP contribution in [0.25, 0.3) is 22.5 Å². The highest BCUT2D eigenvalue weighted by Gasteiger charge is 2.10. The summed E-state index contributed by atoms with van der Waals surface area (Å²) in [5.41, 5.74) is 3.52. The van der Waals surface area contributed by atoms with E-state index in [0.717, 1.165) is 11.1 Å². The average molecular weight is 351 g/mol. The maximum Gasteiger partial charge on any atom is 0.224 e. The molecule has 0 saturated carbocycles. The van der Waals surface area contributed by atoms with Crippen LogP contribution in [0.3, 0.4) is 0 Å². The zero-order valence-corrected chi connectivity index (χ0v) is 14.5. The van der Waals surface area contributed by atoms with Crippen LogP contribution in [0.1, 0.15) is 13.3 Å². The Morgan fingerprint density at radius 3 is 2.54 bits per heavy atom. The molecule has 0 aliphatic carbocycles. The number of halogens is 1. The van der Waals surface area contributed by atoms with Gasteiger partial charge in [0, 0.05) is 36.1 Å². The molecule has 2 heterocycles. The quantitative estimate of drug-likeness (QED) is 0.744. The molecule has 6 heteroatoms. The van der Waals surface area contributed by atoms with E-state index in [-0.39, 0.29) is 11.7 Å². The first-order valence-corrected chi connectivity index (χ1v) is 8.17. The van der Waals surface area contributed by atoms with Gasteiger partial charge in [0.2, 0.25) is 5.91 Å². The molecule has 0 spiro atoms. The summed E-state index contributed by atoms with van der Waals surface area (Å²) in [4.78, 5) is 20.3. The first kappa shape index (κ1) is 17.5. The molecule has 0 fully saturated rings. The number of benzene rings is 1. The number of hydrogen-bond acceptors (Lipinski definition) is 4. The SMILES string of the molecule is CCC(=O)Nc1ccnc(-c2cc(-c3ccc(F)cc3OC)ccn2)c1. The summed E-state index contributed by atoms with van der Waals surface area (Å²) < 4.78 is 18.7. The summed E-state index contributed by atoms with van der Waals surface area (Å²) >= 11 is 0. The average Bonchev–Trinajstić information content (AvgIpc) is 2.68. The van der Waals surface area contributed by atoms with E-state index in [0.29, 0.717) is 29.2 Å². The van der Waals surface area contributed by atoms with Crippen molar-refractivity contribution in [3.05, 3.63) is 60.7 Å². The number of carbonyl (C=O) groups is 1. The van der Waals surface area contributed by atoms with E-state index in [1.807, 2.05) is 12.1 Å². The molecule has 2 aromatic heterocycles. The molecule has 26 heavy (non-hydrogen) atoms. The Morgan fingerprint density at radius 1 is 1.08 bits per heavy atom. The number of hydrogen-bond donors (Lipinski definition) is 1. The summed E-state index contributed by atoms with van der Waals surface area (Å²) in [6, 6.07) is 11.6. The number of anilines is 1. The normalized spacial score (nSPS) is 10.4. The largest absolute Gasteiger partial charge is 0.496 e. The molecular formula is C20H18FN3O2. The van der Waals surface area contributed by atoms with Gasteiger partial charge in [0.25, 0.3) is 0 Å². The third kappa shape index (κ3) is 3.85. The second kappa shape index (κ2) is 7.74. The Labute approximate surface area is 150 Å². The molecule has 0 atom stereocenters. The van der Waals surface area contributed by atoms with E-state index in [9.17, 15) is 9.18 Å². The van der Waals surface area contributed by atoms with Crippen molar-refractivity contribution in [2.45, 2.75) is 13.3 Å². The number of pyridine rings is 2. The Kier molecular flexibility index (Phi) is 5.22. The van der Waals surface area contributed by atoms with E-state index in [4.69, 9.17) is 4.74 Å². The Bertz CT molecular complexity index is 944. The van der Waals surface area contributed by atoms with E-state index in [1.54, 1.807) is 37.5 Å². The second-order valence-corrected chi connectivity index (χ2v) is 5.61. The molecule has 1 amide bonds. The van der Waals surface area contributed by atoms with Gasteiger partial charge in [-0.1, -0.05) is 6.92 Å². The summed E-state index contributed by atoms with van der Waals surface area (Å²) in [6.45, 7) is 1.79. The first-order chi connectivity index (χ1) is 12.6. The molecular weight excluding hydrogens is 333 g/mol. The van der Waals surface area contributed by atoms with Crippen LogP contribution in [0.5, 0.6) is 5.75 Å². The third-order valence-corrected chi connectivity index (χ3v) is 3.86. The van der Waals surface area contributed by atoms with Crippen molar-refractivity contribution < 1.29 is 13.9 Å². The predicted molar refractivity (Wildman–Crippen MR) is 98.3 cm³/mol. The molecule has 5 nitrogen and oxygen atoms in total. The number of carbonyl (C=O) groups excluding carboxylic acids is 1. The van der Waals surface area contributed by atoms with Crippen LogP contribution in [0.15, 0.2) is 54.9 Å². The van der Waals surface area contributed by atoms with E-state index in [1.165, 1.54) is 19.2 Å². The lowest BCUT2D eigenvalue weighted by atomic mass is 10.0. The number of methoxy groups -OCH3 is 1. The van der Waals surface area contributed by atoms with Crippen molar-refractivity contribution in [2.75, 3.05) is 12.4 Å². The minimum absolute atomic E-state index is 0.0695. The van der Waals surface area contributed by atoms with Crippen molar-refractivity contribution >= 4 is 11.6 Å². The zero-order chi connectivity index (χ0) is 18.5. The highest BCUT2D eigenvalue weighted by atomic mass is 19.1. The van der Waals surface area contributed by atoms with Gasteiger partial charge in [-0.25, -0.2) is 4.39 Å². The van der Waals surface area contributed by atoms with Crippen LogP contribution in [0.2, 0.25) is 0 Å². The van der Waals surface area contributed by atoms with E-state index >= 15 is 0 Å². The third-order valence-electron chi connectivity index (χ3n) is 3.86. The fraction of sp³-hybridized carbons (Fsp3) is 0.150. The molecule has 0 bridgehead atoms. The minimum atomic E-state index is -0.360. The number of ether oxygens (including phenoxy) is 1. The molecule has 0 unspecified atom stereocenters. The van der Waals surface area contributed by atoms with Crippen molar-refractivity contribution in [3.63, 3.8) is 0 Å². The summed E-state index contributed by atoms with van der Waals surface area (Å²) in [5, 5.41) is 2.80. The molecule has 0 aliphatic heterocycles. The fourth-order valence-corrected chi connectivity index (χ4v) is 2.54. The predicted octanol–water partition coefficient (Wildman–Crippen LogP) is 4.31.